The summed E-state index contributed by atoms with van der Waals surface area (Å²) in [5.41, 5.74) is 0. The largest absolute Gasteiger partial charge is 0.394 e. The molecule has 2 heterocycles. The van der Waals surface area contributed by atoms with Gasteiger partial charge < -0.3 is 55.3 Å². The molecule has 0 aromatic heterocycles. The first kappa shape index (κ1) is 21.4. The normalized spacial score (nSPS) is 46.8. The summed E-state index contributed by atoms with van der Waals surface area (Å²) in [5, 5.41) is 70.7. The van der Waals surface area contributed by atoms with Crippen LogP contribution in [0.2, 0.25) is 0 Å². The molecule has 0 saturated carbocycles. The Kier molecular flexibility index (Phi) is 7.27. The lowest BCUT2D eigenvalue weighted by atomic mass is 9.95. The second-order valence-corrected chi connectivity index (χ2v) is 6.26. The zero-order valence-corrected chi connectivity index (χ0v) is 14.0. The minimum atomic E-state index is -1.73. The molecular formula is C14H25NO11. The van der Waals surface area contributed by atoms with Crippen molar-refractivity contribution < 1.29 is 54.8 Å². The lowest BCUT2D eigenvalue weighted by Crippen LogP contribution is -2.67. The maximum atomic E-state index is 11.2. The molecule has 1 amide bonds. The average Bonchev–Trinajstić information content (AvgIpc) is 2.60. The summed E-state index contributed by atoms with van der Waals surface area (Å²) in [6.45, 7) is -0.195. The SMILES string of the molecule is CC(=O)N[C@H]1[C@H](O)[C@@H](O[C@H]2O[C@@H](CO)[C@@H](O)[C@@H](O)[C@@H]2O)[C@H](CO)O[C@@H]1O. The Hall–Kier alpha value is -0.930. The van der Waals surface area contributed by atoms with Crippen LogP contribution in [0.4, 0.5) is 0 Å². The molecule has 10 atom stereocenters. The third-order valence-corrected chi connectivity index (χ3v) is 4.38. The average molecular weight is 383 g/mol. The maximum absolute atomic E-state index is 11.2. The first-order valence-electron chi connectivity index (χ1n) is 8.06. The van der Waals surface area contributed by atoms with Gasteiger partial charge in [0.05, 0.1) is 13.2 Å². The molecule has 2 aliphatic heterocycles. The smallest absolute Gasteiger partial charge is 0.217 e. The van der Waals surface area contributed by atoms with E-state index in [0.717, 1.165) is 6.92 Å². The number of rotatable bonds is 5. The third kappa shape index (κ3) is 4.31. The van der Waals surface area contributed by atoms with Crippen LogP contribution in [0, 0.1) is 0 Å². The number of carbonyl (C=O) groups excluding carboxylic acids is 1. The van der Waals surface area contributed by atoms with Gasteiger partial charge in [0.15, 0.2) is 12.6 Å². The quantitative estimate of drug-likeness (QED) is 0.226. The molecule has 8 N–H and O–H groups in total. The molecule has 0 bridgehead atoms. The number of hydrogen-bond acceptors (Lipinski definition) is 11. The second kappa shape index (κ2) is 8.84. The van der Waals surface area contributed by atoms with Gasteiger partial charge in [0.25, 0.3) is 0 Å². The van der Waals surface area contributed by atoms with Gasteiger partial charge in [-0.25, -0.2) is 0 Å². The van der Waals surface area contributed by atoms with E-state index in [4.69, 9.17) is 14.2 Å². The number of aliphatic hydroxyl groups excluding tert-OH is 7. The van der Waals surface area contributed by atoms with Crippen molar-refractivity contribution in [1.82, 2.24) is 5.32 Å². The van der Waals surface area contributed by atoms with Crippen molar-refractivity contribution in [3.05, 3.63) is 0 Å². The van der Waals surface area contributed by atoms with Crippen molar-refractivity contribution in [3.8, 4) is 0 Å². The Labute approximate surface area is 148 Å². The first-order chi connectivity index (χ1) is 12.2. The highest BCUT2D eigenvalue weighted by Crippen LogP contribution is 2.28. The summed E-state index contributed by atoms with van der Waals surface area (Å²) >= 11 is 0. The van der Waals surface area contributed by atoms with Crippen molar-refractivity contribution in [2.24, 2.45) is 0 Å². The molecule has 0 unspecified atom stereocenters. The lowest BCUT2D eigenvalue weighted by Gasteiger charge is -2.46. The summed E-state index contributed by atoms with van der Waals surface area (Å²) in [7, 11) is 0. The highest BCUT2D eigenvalue weighted by Gasteiger charge is 2.50. The molecule has 0 aromatic carbocycles. The molecule has 2 saturated heterocycles. The number of aliphatic hydroxyl groups is 7. The Bertz CT molecular complexity index is 478. The van der Waals surface area contributed by atoms with Gasteiger partial charge in [-0.05, 0) is 0 Å². The number of amides is 1. The standard InChI is InChI=1S/C14H25NO11/c1-4(18)15-7-9(20)12(6(3-17)24-13(7)23)26-14-11(22)10(21)8(19)5(2-16)25-14/h5-14,16-17,19-23H,2-3H2,1H3,(H,15,18)/t5-,6-,7-,8+,9-,10+,11-,12-,13-,14+/m0/s1. The van der Waals surface area contributed by atoms with Gasteiger partial charge >= 0.3 is 0 Å². The lowest BCUT2D eigenvalue weighted by molar-refractivity contribution is -0.345. The van der Waals surface area contributed by atoms with Crippen molar-refractivity contribution in [3.63, 3.8) is 0 Å². The number of carbonyl (C=O) groups is 1. The molecule has 26 heavy (non-hydrogen) atoms. The van der Waals surface area contributed by atoms with Crippen LogP contribution >= 0.6 is 0 Å². The summed E-state index contributed by atoms with van der Waals surface area (Å²) < 4.78 is 15.7. The van der Waals surface area contributed by atoms with Crippen LogP contribution in [0.25, 0.3) is 0 Å². The van der Waals surface area contributed by atoms with Gasteiger partial charge in [-0.2, -0.15) is 0 Å². The monoisotopic (exact) mass is 383 g/mol. The van der Waals surface area contributed by atoms with Gasteiger partial charge in [-0.15, -0.1) is 0 Å². The van der Waals surface area contributed by atoms with E-state index < -0.39 is 80.5 Å². The van der Waals surface area contributed by atoms with Crippen molar-refractivity contribution >= 4 is 5.91 Å². The van der Waals surface area contributed by atoms with Crippen molar-refractivity contribution in [2.75, 3.05) is 13.2 Å². The van der Waals surface area contributed by atoms with E-state index in [-0.39, 0.29) is 0 Å². The molecular weight excluding hydrogens is 358 g/mol. The van der Waals surface area contributed by atoms with Crippen LogP contribution in [0.3, 0.4) is 0 Å². The topological polar surface area (TPSA) is 198 Å². The molecule has 0 radical (unpaired) electrons. The van der Waals surface area contributed by atoms with Crippen molar-refractivity contribution in [1.29, 1.82) is 0 Å². The Balaban J connectivity index is 2.16. The maximum Gasteiger partial charge on any atom is 0.217 e. The van der Waals surface area contributed by atoms with E-state index in [1.165, 1.54) is 0 Å². The fraction of sp³-hybridized carbons (Fsp3) is 0.929. The van der Waals surface area contributed by atoms with Gasteiger partial charge in [0.2, 0.25) is 5.91 Å². The van der Waals surface area contributed by atoms with Gasteiger partial charge in [0, 0.05) is 6.92 Å². The molecule has 12 nitrogen and oxygen atoms in total. The molecule has 2 rings (SSSR count). The van der Waals surface area contributed by atoms with Crippen LogP contribution in [0.5, 0.6) is 0 Å². The van der Waals surface area contributed by atoms with Gasteiger partial charge in [-0.3, -0.25) is 4.79 Å². The van der Waals surface area contributed by atoms with E-state index in [2.05, 4.69) is 5.32 Å². The predicted molar refractivity (Wildman–Crippen MR) is 80.2 cm³/mol. The van der Waals surface area contributed by atoms with E-state index in [1.54, 1.807) is 0 Å². The minimum absolute atomic E-state index is 0.564. The number of nitrogens with one attached hydrogen (secondary N) is 1. The Morgan fingerprint density at radius 3 is 2.08 bits per heavy atom. The van der Waals surface area contributed by atoms with Crippen LogP contribution in [0.15, 0.2) is 0 Å². The molecule has 2 aliphatic rings. The van der Waals surface area contributed by atoms with Crippen LogP contribution < -0.4 is 5.32 Å². The molecule has 152 valence electrons. The fourth-order valence-electron chi connectivity index (χ4n) is 2.98. The van der Waals surface area contributed by atoms with E-state index in [9.17, 15) is 40.5 Å². The zero-order chi connectivity index (χ0) is 19.6. The van der Waals surface area contributed by atoms with Crippen LogP contribution in [-0.4, -0.2) is 116 Å². The highest BCUT2D eigenvalue weighted by atomic mass is 16.7. The van der Waals surface area contributed by atoms with E-state index in [1.807, 2.05) is 0 Å². The van der Waals surface area contributed by atoms with Gasteiger partial charge in [-0.1, -0.05) is 0 Å². The molecule has 0 aliphatic carbocycles. The molecule has 0 spiro atoms. The van der Waals surface area contributed by atoms with E-state index in [0.29, 0.717) is 0 Å². The second-order valence-electron chi connectivity index (χ2n) is 6.26. The summed E-state index contributed by atoms with van der Waals surface area (Å²) in [4.78, 5) is 11.2. The van der Waals surface area contributed by atoms with Crippen LogP contribution in [-0.2, 0) is 19.0 Å². The number of ether oxygens (including phenoxy) is 3. The zero-order valence-electron chi connectivity index (χ0n) is 14.0. The minimum Gasteiger partial charge on any atom is -0.394 e. The fourth-order valence-corrected chi connectivity index (χ4v) is 2.98. The highest BCUT2D eigenvalue weighted by molar-refractivity contribution is 5.73. The molecule has 0 aromatic rings. The van der Waals surface area contributed by atoms with Gasteiger partial charge in [0.1, 0.15) is 48.8 Å². The number of hydrogen-bond donors (Lipinski definition) is 8. The summed E-state index contributed by atoms with van der Waals surface area (Å²) in [5.74, 6) is -0.564. The molecule has 12 heteroatoms. The van der Waals surface area contributed by atoms with Crippen LogP contribution in [0.1, 0.15) is 6.92 Å². The van der Waals surface area contributed by atoms with E-state index >= 15 is 0 Å². The summed E-state index contributed by atoms with van der Waals surface area (Å²) in [6, 6.07) is -1.29. The third-order valence-electron chi connectivity index (χ3n) is 4.38. The van der Waals surface area contributed by atoms with Crippen molar-refractivity contribution in [2.45, 2.75) is 68.3 Å². The Morgan fingerprint density at radius 1 is 0.923 bits per heavy atom. The Morgan fingerprint density at radius 2 is 1.54 bits per heavy atom. The predicted octanol–water partition coefficient (Wildman–Crippen LogP) is -5.25. The summed E-state index contributed by atoms with van der Waals surface area (Å²) in [6.07, 6.45) is -13.6. The first-order valence-corrected chi connectivity index (χ1v) is 8.06. The molecule has 2 fully saturated rings.